The fourth-order valence-corrected chi connectivity index (χ4v) is 2.69. The number of aromatic carboxylic acids is 1. The number of carboxylic acids is 1. The Morgan fingerprint density at radius 2 is 1.91 bits per heavy atom. The number of nitrogens with one attached hydrogen (secondary N) is 1. The van der Waals surface area contributed by atoms with Gasteiger partial charge in [-0.05, 0) is 23.8 Å². The number of aromatic nitrogens is 1. The number of rotatable bonds is 4. The van der Waals surface area contributed by atoms with Crippen LogP contribution in [0.5, 0.6) is 0 Å². The molecule has 0 bridgehead atoms. The number of nitrogens with zero attached hydrogens (tertiary/aromatic N) is 2. The number of fused-ring (bicyclic) bond motifs is 1. The minimum atomic E-state index is -1.20. The number of benzene rings is 2. The smallest absolute Gasteiger partial charge is 0.102 e. The first kappa shape index (κ1) is 14.7. The van der Waals surface area contributed by atoms with Crippen LogP contribution in [-0.2, 0) is 13.6 Å². The van der Waals surface area contributed by atoms with Gasteiger partial charge in [0.25, 0.3) is 0 Å². The predicted molar refractivity (Wildman–Crippen MR) is 85.7 cm³/mol. The molecule has 0 spiro atoms. The van der Waals surface area contributed by atoms with Crippen molar-refractivity contribution in [1.29, 1.82) is 5.26 Å². The van der Waals surface area contributed by atoms with Crippen LogP contribution in [0.3, 0.4) is 0 Å². The van der Waals surface area contributed by atoms with Crippen molar-refractivity contribution in [3.8, 4) is 6.07 Å². The van der Waals surface area contributed by atoms with E-state index in [1.54, 1.807) is 12.1 Å². The molecule has 5 heteroatoms. The van der Waals surface area contributed by atoms with Crippen molar-refractivity contribution in [2.45, 2.75) is 6.54 Å². The minimum absolute atomic E-state index is 0.137. The van der Waals surface area contributed by atoms with E-state index in [4.69, 9.17) is 0 Å². The lowest BCUT2D eigenvalue weighted by Gasteiger charge is -2.10. The van der Waals surface area contributed by atoms with Crippen molar-refractivity contribution in [3.63, 3.8) is 0 Å². The van der Waals surface area contributed by atoms with Crippen LogP contribution in [-0.4, -0.2) is 10.5 Å². The number of hydrogen-bond donors (Lipinski definition) is 1. The zero-order valence-electron chi connectivity index (χ0n) is 12.5. The molecule has 0 aliphatic heterocycles. The summed E-state index contributed by atoms with van der Waals surface area (Å²) in [5.41, 5.74) is 3.47. The lowest BCUT2D eigenvalue weighted by Crippen LogP contribution is -2.22. The average Bonchev–Trinajstić information content (AvgIpc) is 2.85. The molecule has 23 heavy (non-hydrogen) atoms. The molecule has 0 aliphatic rings. The largest absolute Gasteiger partial charge is 0.545 e. The maximum absolute atomic E-state index is 10.7. The SMILES string of the molecule is Cn1c(CNc2ccc(C(=O)[O-])cc2)c(C#N)c2ccccc21. The van der Waals surface area contributed by atoms with Gasteiger partial charge in [0.05, 0.1) is 23.8 Å². The zero-order valence-corrected chi connectivity index (χ0v) is 12.5. The topological polar surface area (TPSA) is 80.9 Å². The average molecular weight is 304 g/mol. The third-order valence-electron chi connectivity index (χ3n) is 3.92. The van der Waals surface area contributed by atoms with Crippen LogP contribution in [0.2, 0.25) is 0 Å². The molecule has 0 atom stereocenters. The molecular formula is C18H14N3O2-. The summed E-state index contributed by atoms with van der Waals surface area (Å²) in [7, 11) is 1.93. The van der Waals surface area contributed by atoms with Gasteiger partial charge < -0.3 is 19.8 Å². The van der Waals surface area contributed by atoms with Gasteiger partial charge in [0, 0.05) is 23.6 Å². The van der Waals surface area contributed by atoms with Crippen molar-refractivity contribution >= 4 is 22.6 Å². The molecule has 3 rings (SSSR count). The number of carboxylic acid groups (broad SMARTS) is 1. The van der Waals surface area contributed by atoms with Gasteiger partial charge in [-0.25, -0.2) is 0 Å². The summed E-state index contributed by atoms with van der Waals surface area (Å²) in [6.07, 6.45) is 0. The third-order valence-corrected chi connectivity index (χ3v) is 3.92. The Labute approximate surface area is 133 Å². The molecule has 1 aromatic heterocycles. The van der Waals surface area contributed by atoms with E-state index >= 15 is 0 Å². The molecule has 0 saturated carbocycles. The maximum atomic E-state index is 10.7. The van der Waals surface area contributed by atoms with Crippen LogP contribution in [0.1, 0.15) is 21.6 Å². The van der Waals surface area contributed by atoms with Gasteiger partial charge in [0.15, 0.2) is 0 Å². The normalized spacial score (nSPS) is 10.4. The summed E-state index contributed by atoms with van der Waals surface area (Å²) in [6, 6.07) is 16.4. The maximum Gasteiger partial charge on any atom is 0.102 e. The van der Waals surface area contributed by atoms with E-state index in [2.05, 4.69) is 11.4 Å². The van der Waals surface area contributed by atoms with E-state index in [0.717, 1.165) is 22.3 Å². The van der Waals surface area contributed by atoms with E-state index in [0.29, 0.717) is 12.1 Å². The molecule has 0 fully saturated rings. The van der Waals surface area contributed by atoms with Crippen LogP contribution in [0.25, 0.3) is 10.9 Å². The van der Waals surface area contributed by atoms with E-state index in [-0.39, 0.29) is 5.56 Å². The highest BCUT2D eigenvalue weighted by Gasteiger charge is 2.14. The second kappa shape index (κ2) is 5.85. The van der Waals surface area contributed by atoms with Gasteiger partial charge in [-0.15, -0.1) is 0 Å². The summed E-state index contributed by atoms with van der Waals surface area (Å²) < 4.78 is 2.00. The van der Waals surface area contributed by atoms with Crippen LogP contribution < -0.4 is 10.4 Å². The molecular weight excluding hydrogens is 290 g/mol. The fraction of sp³-hybridized carbons (Fsp3) is 0.111. The van der Waals surface area contributed by atoms with Gasteiger partial charge in [0.1, 0.15) is 6.07 Å². The number of aryl methyl sites for hydroxylation is 1. The van der Waals surface area contributed by atoms with E-state index < -0.39 is 5.97 Å². The molecule has 3 aromatic rings. The number of nitriles is 1. The van der Waals surface area contributed by atoms with Gasteiger partial charge >= 0.3 is 0 Å². The van der Waals surface area contributed by atoms with E-state index in [1.807, 2.05) is 35.9 Å². The van der Waals surface area contributed by atoms with Gasteiger partial charge in [-0.2, -0.15) is 5.26 Å². The Morgan fingerprint density at radius 1 is 1.22 bits per heavy atom. The van der Waals surface area contributed by atoms with Gasteiger partial charge in [-0.1, -0.05) is 30.3 Å². The quantitative estimate of drug-likeness (QED) is 0.799. The molecule has 0 amide bonds. The summed E-state index contributed by atoms with van der Waals surface area (Å²) in [5.74, 6) is -1.20. The first-order chi connectivity index (χ1) is 11.1. The molecule has 1 N–H and O–H groups in total. The lowest BCUT2D eigenvalue weighted by molar-refractivity contribution is -0.255. The highest BCUT2D eigenvalue weighted by molar-refractivity contribution is 5.88. The van der Waals surface area contributed by atoms with Crippen LogP contribution in [0.4, 0.5) is 5.69 Å². The van der Waals surface area contributed by atoms with Gasteiger partial charge in [0.2, 0.25) is 0 Å². The first-order valence-corrected chi connectivity index (χ1v) is 7.13. The highest BCUT2D eigenvalue weighted by Crippen LogP contribution is 2.25. The first-order valence-electron chi connectivity index (χ1n) is 7.13. The second-order valence-corrected chi connectivity index (χ2v) is 5.23. The van der Waals surface area contributed by atoms with Crippen molar-refractivity contribution < 1.29 is 9.90 Å². The molecule has 0 radical (unpaired) electrons. The summed E-state index contributed by atoms with van der Waals surface area (Å²) >= 11 is 0. The van der Waals surface area contributed by atoms with Crippen molar-refractivity contribution in [3.05, 3.63) is 65.4 Å². The Morgan fingerprint density at radius 3 is 2.57 bits per heavy atom. The molecule has 0 aliphatic carbocycles. The van der Waals surface area contributed by atoms with Crippen molar-refractivity contribution in [1.82, 2.24) is 4.57 Å². The van der Waals surface area contributed by atoms with Crippen LogP contribution in [0.15, 0.2) is 48.5 Å². The van der Waals surface area contributed by atoms with Crippen LogP contribution >= 0.6 is 0 Å². The second-order valence-electron chi connectivity index (χ2n) is 5.23. The highest BCUT2D eigenvalue weighted by atomic mass is 16.4. The summed E-state index contributed by atoms with van der Waals surface area (Å²) in [4.78, 5) is 10.7. The molecule has 1 heterocycles. The number of carbonyl (C=O) groups excluding carboxylic acids is 1. The van der Waals surface area contributed by atoms with E-state index in [9.17, 15) is 15.2 Å². The Kier molecular flexibility index (Phi) is 3.73. The molecule has 0 saturated heterocycles. The molecule has 0 unspecified atom stereocenters. The zero-order chi connectivity index (χ0) is 16.4. The van der Waals surface area contributed by atoms with Crippen LogP contribution in [0, 0.1) is 11.3 Å². The number of hydrogen-bond acceptors (Lipinski definition) is 4. The molecule has 2 aromatic carbocycles. The standard InChI is InChI=1S/C18H15N3O2/c1-21-16-5-3-2-4-14(16)15(10-19)17(21)11-20-13-8-6-12(7-9-13)18(22)23/h2-9,20H,11H2,1H3,(H,22,23)/p-1. The predicted octanol–water partition coefficient (Wildman–Crippen LogP) is 2.03. The van der Waals surface area contributed by atoms with Crippen molar-refractivity contribution in [2.75, 3.05) is 5.32 Å². The number of anilines is 1. The van der Waals surface area contributed by atoms with E-state index in [1.165, 1.54) is 12.1 Å². The lowest BCUT2D eigenvalue weighted by atomic mass is 10.1. The monoisotopic (exact) mass is 304 g/mol. The number of para-hydroxylation sites is 1. The van der Waals surface area contributed by atoms with Crippen molar-refractivity contribution in [2.24, 2.45) is 7.05 Å². The Balaban J connectivity index is 1.89. The molecule has 114 valence electrons. The summed E-state index contributed by atoms with van der Waals surface area (Å²) in [5, 5.41) is 24.4. The fourth-order valence-electron chi connectivity index (χ4n) is 2.69. The third kappa shape index (κ3) is 2.62. The Hall–Kier alpha value is -3.26. The minimum Gasteiger partial charge on any atom is -0.545 e. The summed E-state index contributed by atoms with van der Waals surface area (Å²) in [6.45, 7) is 0.471. The number of carbonyl (C=O) groups is 1. The van der Waals surface area contributed by atoms with Gasteiger partial charge in [-0.3, -0.25) is 0 Å². The molecule has 5 nitrogen and oxygen atoms in total. The Bertz CT molecular complexity index is 918.